The van der Waals surface area contributed by atoms with Gasteiger partial charge in [0, 0.05) is 29.0 Å². The van der Waals surface area contributed by atoms with Gasteiger partial charge >= 0.3 is 6.18 Å². The summed E-state index contributed by atoms with van der Waals surface area (Å²) in [6.45, 7) is 0.363. The molecule has 0 bridgehead atoms. The minimum Gasteiger partial charge on any atom is -0.497 e. The van der Waals surface area contributed by atoms with Gasteiger partial charge < -0.3 is 14.4 Å². The fraction of sp³-hybridized carbons (Fsp3) is 0.286. The van der Waals surface area contributed by atoms with E-state index in [-0.39, 0.29) is 5.56 Å². The van der Waals surface area contributed by atoms with Gasteiger partial charge in [0.1, 0.15) is 5.75 Å². The Morgan fingerprint density at radius 1 is 1.33 bits per heavy atom. The lowest BCUT2D eigenvalue weighted by Crippen LogP contribution is -2.19. The van der Waals surface area contributed by atoms with Crippen molar-refractivity contribution in [2.45, 2.75) is 18.8 Å². The van der Waals surface area contributed by atoms with Crippen molar-refractivity contribution in [1.82, 2.24) is 4.57 Å². The van der Waals surface area contributed by atoms with E-state index in [4.69, 9.17) is 4.74 Å². The first kappa shape index (κ1) is 15.9. The summed E-state index contributed by atoms with van der Waals surface area (Å²) >= 11 is 3.39. The van der Waals surface area contributed by atoms with Crippen LogP contribution >= 0.6 is 15.9 Å². The van der Waals surface area contributed by atoms with Crippen molar-refractivity contribution < 1.29 is 23.0 Å². The number of methoxy groups -OCH3 is 1. The van der Waals surface area contributed by atoms with Crippen LogP contribution in [0.2, 0.25) is 0 Å². The summed E-state index contributed by atoms with van der Waals surface area (Å²) in [5, 5.41) is 9.21. The smallest absolute Gasteiger partial charge is 0.418 e. The number of aromatic nitrogens is 1. The monoisotopic (exact) mass is 363 g/mol. The van der Waals surface area contributed by atoms with E-state index in [0.29, 0.717) is 12.3 Å². The van der Waals surface area contributed by atoms with Crippen LogP contribution < -0.4 is 4.74 Å². The number of aliphatic hydroxyl groups is 1. The molecule has 1 aromatic carbocycles. The highest BCUT2D eigenvalue weighted by molar-refractivity contribution is 9.10. The highest BCUT2D eigenvalue weighted by Crippen LogP contribution is 2.32. The van der Waals surface area contributed by atoms with Crippen molar-refractivity contribution in [3.05, 3.63) is 52.3 Å². The highest BCUT2D eigenvalue weighted by Gasteiger charge is 2.39. The molecular formula is C14H13BrF3NO2. The van der Waals surface area contributed by atoms with Gasteiger partial charge in [-0.1, -0.05) is 15.9 Å². The Balaban J connectivity index is 2.20. The van der Waals surface area contributed by atoms with Crippen LogP contribution in [0.15, 0.2) is 41.1 Å². The van der Waals surface area contributed by atoms with E-state index >= 15 is 0 Å². The average Bonchev–Trinajstić information content (AvgIpc) is 2.87. The molecule has 0 radical (unpaired) electrons. The normalized spacial score (nSPS) is 13.2. The number of hydrogen-bond acceptors (Lipinski definition) is 2. The van der Waals surface area contributed by atoms with Crippen molar-refractivity contribution in [2.24, 2.45) is 0 Å². The minimum atomic E-state index is -4.66. The van der Waals surface area contributed by atoms with Gasteiger partial charge in [-0.15, -0.1) is 0 Å². The minimum absolute atomic E-state index is 0.179. The maximum Gasteiger partial charge on any atom is 0.418 e. The average molecular weight is 364 g/mol. The SMILES string of the molecule is COc1ccc(Br)c(Cn2ccc(C(O)C(F)(F)F)c2)c1. The Morgan fingerprint density at radius 2 is 2.05 bits per heavy atom. The molecule has 2 rings (SSSR count). The van der Waals surface area contributed by atoms with Crippen molar-refractivity contribution in [3.8, 4) is 5.75 Å². The van der Waals surface area contributed by atoms with Gasteiger partial charge in [0.25, 0.3) is 0 Å². The summed E-state index contributed by atoms with van der Waals surface area (Å²) in [4.78, 5) is 0. The van der Waals surface area contributed by atoms with Crippen LogP contribution in [0, 0.1) is 0 Å². The van der Waals surface area contributed by atoms with Crippen LogP contribution in [-0.4, -0.2) is 23.0 Å². The molecule has 0 fully saturated rings. The Morgan fingerprint density at radius 3 is 2.67 bits per heavy atom. The van der Waals surface area contributed by atoms with Crippen LogP contribution in [0.4, 0.5) is 13.2 Å². The second kappa shape index (κ2) is 6.11. The molecule has 21 heavy (non-hydrogen) atoms. The molecule has 114 valence electrons. The van der Waals surface area contributed by atoms with E-state index in [9.17, 15) is 18.3 Å². The van der Waals surface area contributed by atoms with Crippen LogP contribution in [0.5, 0.6) is 5.75 Å². The van der Waals surface area contributed by atoms with Crippen molar-refractivity contribution >= 4 is 15.9 Å². The third-order valence-electron chi connectivity index (χ3n) is 3.00. The zero-order valence-corrected chi connectivity index (χ0v) is 12.6. The van der Waals surface area contributed by atoms with Gasteiger partial charge in [-0.3, -0.25) is 0 Å². The number of alkyl halides is 3. The first-order valence-electron chi connectivity index (χ1n) is 6.04. The second-order valence-corrected chi connectivity index (χ2v) is 5.37. The van der Waals surface area contributed by atoms with Crippen molar-refractivity contribution in [3.63, 3.8) is 0 Å². The van der Waals surface area contributed by atoms with Crippen molar-refractivity contribution in [2.75, 3.05) is 7.11 Å². The lowest BCUT2D eigenvalue weighted by Gasteiger charge is -2.13. The molecule has 1 N–H and O–H groups in total. The number of aliphatic hydroxyl groups excluding tert-OH is 1. The fourth-order valence-electron chi connectivity index (χ4n) is 1.90. The summed E-state index contributed by atoms with van der Waals surface area (Å²) in [6, 6.07) is 6.64. The van der Waals surface area contributed by atoms with Gasteiger partial charge in [0.2, 0.25) is 0 Å². The first-order chi connectivity index (χ1) is 9.81. The maximum absolute atomic E-state index is 12.5. The van der Waals surface area contributed by atoms with Crippen LogP contribution in [0.1, 0.15) is 17.2 Å². The standard InChI is InChI=1S/C14H13BrF3NO2/c1-21-11-2-3-12(15)10(6-11)8-19-5-4-9(7-19)13(20)14(16,17)18/h2-7,13,20H,8H2,1H3. The summed E-state index contributed by atoms with van der Waals surface area (Å²) < 4.78 is 44.9. The predicted octanol–water partition coefficient (Wildman–Crippen LogP) is 3.90. The van der Waals surface area contributed by atoms with Gasteiger partial charge in [-0.25, -0.2) is 0 Å². The Bertz CT molecular complexity index is 625. The quantitative estimate of drug-likeness (QED) is 0.893. The van der Waals surface area contributed by atoms with Crippen molar-refractivity contribution in [1.29, 1.82) is 0 Å². The molecule has 0 spiro atoms. The summed E-state index contributed by atoms with van der Waals surface area (Å²) in [5.74, 6) is 0.663. The number of halogens is 4. The Hall–Kier alpha value is -1.47. The first-order valence-corrected chi connectivity index (χ1v) is 6.83. The molecule has 7 heteroatoms. The maximum atomic E-state index is 12.5. The molecule has 0 saturated carbocycles. The number of ether oxygens (including phenoxy) is 1. The molecule has 0 aliphatic rings. The molecule has 0 aliphatic carbocycles. The number of nitrogens with zero attached hydrogens (tertiary/aromatic N) is 1. The van der Waals surface area contributed by atoms with Crippen LogP contribution in [-0.2, 0) is 6.54 Å². The third-order valence-corrected chi connectivity index (χ3v) is 3.78. The Kier molecular flexibility index (Phi) is 4.63. The van der Waals surface area contributed by atoms with Gasteiger partial charge in [0.15, 0.2) is 6.10 Å². The Labute approximate surface area is 128 Å². The molecule has 2 aromatic rings. The van der Waals surface area contributed by atoms with E-state index in [1.807, 2.05) is 6.07 Å². The number of rotatable bonds is 4. The summed E-state index contributed by atoms with van der Waals surface area (Å²) in [7, 11) is 1.54. The van der Waals surface area contributed by atoms with Gasteiger partial charge in [-0.2, -0.15) is 13.2 Å². The topological polar surface area (TPSA) is 34.4 Å². The third kappa shape index (κ3) is 3.79. The van der Waals surface area contributed by atoms with Gasteiger partial charge in [0.05, 0.1) is 7.11 Å². The van der Waals surface area contributed by atoms with E-state index in [1.54, 1.807) is 23.8 Å². The molecule has 0 amide bonds. The molecule has 1 heterocycles. The zero-order chi connectivity index (χ0) is 15.6. The lowest BCUT2D eigenvalue weighted by atomic mass is 10.2. The van der Waals surface area contributed by atoms with Gasteiger partial charge in [-0.05, 0) is 29.8 Å². The fourth-order valence-corrected chi connectivity index (χ4v) is 2.28. The summed E-state index contributed by atoms with van der Waals surface area (Å²) in [6.07, 6.45) is -4.35. The molecule has 1 aromatic heterocycles. The molecular weight excluding hydrogens is 351 g/mol. The molecule has 0 aliphatic heterocycles. The molecule has 1 atom stereocenters. The lowest BCUT2D eigenvalue weighted by molar-refractivity contribution is -0.206. The second-order valence-electron chi connectivity index (χ2n) is 4.52. The van der Waals surface area contributed by atoms with Crippen LogP contribution in [0.3, 0.4) is 0 Å². The molecule has 1 unspecified atom stereocenters. The van der Waals surface area contributed by atoms with Crippen LogP contribution in [0.25, 0.3) is 0 Å². The number of benzene rings is 1. The van der Waals surface area contributed by atoms with E-state index in [1.165, 1.54) is 18.5 Å². The largest absolute Gasteiger partial charge is 0.497 e. The van der Waals surface area contributed by atoms with E-state index < -0.39 is 12.3 Å². The zero-order valence-electron chi connectivity index (χ0n) is 11.1. The predicted molar refractivity (Wildman–Crippen MR) is 75.2 cm³/mol. The molecule has 3 nitrogen and oxygen atoms in total. The van der Waals surface area contributed by atoms with E-state index in [0.717, 1.165) is 10.0 Å². The number of hydrogen-bond donors (Lipinski definition) is 1. The molecule has 0 saturated heterocycles. The van der Waals surface area contributed by atoms with E-state index in [2.05, 4.69) is 15.9 Å². The highest BCUT2D eigenvalue weighted by atomic mass is 79.9. The summed E-state index contributed by atoms with van der Waals surface area (Å²) in [5.41, 5.74) is 0.680.